The lowest BCUT2D eigenvalue weighted by Crippen LogP contribution is -2.49. The molecule has 2 atom stereocenters. The molecule has 2 fully saturated rings. The Morgan fingerprint density at radius 3 is 2.61 bits per heavy atom. The average molecular weight is 318 g/mol. The number of hydrogen-bond acceptors (Lipinski definition) is 4. The third kappa shape index (κ3) is 5.01. The second kappa shape index (κ2) is 8.78. The molecule has 2 aliphatic rings. The smallest absolute Gasteiger partial charge is 0.0805 e. The SMILES string of the molecule is OC(CC1COCCN1CCN1CCCCC1)c1ccccc1. The molecule has 1 aromatic carbocycles. The van der Waals surface area contributed by atoms with Gasteiger partial charge in [0.2, 0.25) is 0 Å². The topological polar surface area (TPSA) is 35.9 Å². The van der Waals surface area contributed by atoms with Crippen molar-refractivity contribution in [2.75, 3.05) is 45.9 Å². The van der Waals surface area contributed by atoms with Crippen molar-refractivity contribution in [3.05, 3.63) is 35.9 Å². The normalized spacial score (nSPS) is 25.3. The minimum absolute atomic E-state index is 0.323. The van der Waals surface area contributed by atoms with E-state index in [1.165, 1.54) is 32.4 Å². The van der Waals surface area contributed by atoms with Gasteiger partial charge in [0.25, 0.3) is 0 Å². The van der Waals surface area contributed by atoms with Crippen molar-refractivity contribution in [3.63, 3.8) is 0 Å². The Bertz CT molecular complexity index is 448. The molecule has 0 radical (unpaired) electrons. The van der Waals surface area contributed by atoms with Gasteiger partial charge in [-0.2, -0.15) is 0 Å². The van der Waals surface area contributed by atoms with E-state index in [0.717, 1.165) is 44.8 Å². The van der Waals surface area contributed by atoms with Crippen LogP contribution in [0.5, 0.6) is 0 Å². The zero-order chi connectivity index (χ0) is 15.9. The Morgan fingerprint density at radius 2 is 1.83 bits per heavy atom. The number of hydrogen-bond donors (Lipinski definition) is 1. The van der Waals surface area contributed by atoms with Crippen LogP contribution in [-0.2, 0) is 4.74 Å². The molecule has 1 N–H and O–H groups in total. The van der Waals surface area contributed by atoms with E-state index in [1.807, 2.05) is 30.3 Å². The molecule has 2 unspecified atom stereocenters. The number of nitrogens with zero attached hydrogens (tertiary/aromatic N) is 2. The Morgan fingerprint density at radius 1 is 1.04 bits per heavy atom. The van der Waals surface area contributed by atoms with E-state index >= 15 is 0 Å². The zero-order valence-electron chi connectivity index (χ0n) is 14.1. The molecule has 0 amide bonds. The number of morpholine rings is 1. The van der Waals surface area contributed by atoms with E-state index in [0.29, 0.717) is 6.04 Å². The third-order valence-electron chi connectivity index (χ3n) is 5.18. The largest absolute Gasteiger partial charge is 0.388 e. The summed E-state index contributed by atoms with van der Waals surface area (Å²) in [4.78, 5) is 5.11. The van der Waals surface area contributed by atoms with Gasteiger partial charge in [0.05, 0.1) is 19.3 Å². The Balaban J connectivity index is 1.51. The lowest BCUT2D eigenvalue weighted by molar-refractivity contribution is -0.0295. The van der Waals surface area contributed by atoms with Crippen LogP contribution in [0.15, 0.2) is 30.3 Å². The van der Waals surface area contributed by atoms with Crippen molar-refractivity contribution in [2.45, 2.75) is 37.8 Å². The van der Waals surface area contributed by atoms with Gasteiger partial charge in [0, 0.05) is 25.7 Å². The van der Waals surface area contributed by atoms with Crippen LogP contribution in [0, 0.1) is 0 Å². The van der Waals surface area contributed by atoms with E-state index in [2.05, 4.69) is 9.80 Å². The van der Waals surface area contributed by atoms with E-state index in [4.69, 9.17) is 4.74 Å². The van der Waals surface area contributed by atoms with Crippen LogP contribution < -0.4 is 0 Å². The second-order valence-electron chi connectivity index (χ2n) is 6.83. The number of likely N-dealkylation sites (tertiary alicyclic amines) is 1. The van der Waals surface area contributed by atoms with Crippen LogP contribution in [0.3, 0.4) is 0 Å². The molecule has 0 aliphatic carbocycles. The molecule has 0 saturated carbocycles. The van der Waals surface area contributed by atoms with Crippen molar-refractivity contribution >= 4 is 0 Å². The molecule has 0 aromatic heterocycles. The molecule has 2 saturated heterocycles. The lowest BCUT2D eigenvalue weighted by Gasteiger charge is -2.38. The highest BCUT2D eigenvalue weighted by molar-refractivity contribution is 5.17. The van der Waals surface area contributed by atoms with Gasteiger partial charge in [-0.05, 0) is 37.9 Å². The maximum atomic E-state index is 10.5. The first kappa shape index (κ1) is 16.9. The summed E-state index contributed by atoms with van der Waals surface area (Å²) < 4.78 is 5.67. The summed E-state index contributed by atoms with van der Waals surface area (Å²) in [6, 6.07) is 10.3. The van der Waals surface area contributed by atoms with Crippen molar-refractivity contribution in [3.8, 4) is 0 Å². The van der Waals surface area contributed by atoms with Crippen LogP contribution in [-0.4, -0.2) is 66.9 Å². The number of rotatable bonds is 6. The number of aliphatic hydroxyl groups excluding tert-OH is 1. The molecular weight excluding hydrogens is 288 g/mol. The third-order valence-corrected chi connectivity index (χ3v) is 5.18. The quantitative estimate of drug-likeness (QED) is 0.873. The summed E-state index contributed by atoms with van der Waals surface area (Å²) in [5.41, 5.74) is 1.01. The van der Waals surface area contributed by atoms with Crippen LogP contribution in [0.2, 0.25) is 0 Å². The van der Waals surface area contributed by atoms with Gasteiger partial charge in [-0.25, -0.2) is 0 Å². The summed E-state index contributed by atoms with van der Waals surface area (Å²) in [6.45, 7) is 7.29. The second-order valence-corrected chi connectivity index (χ2v) is 6.83. The highest BCUT2D eigenvalue weighted by Gasteiger charge is 2.26. The lowest BCUT2D eigenvalue weighted by atomic mass is 10.0. The number of piperidine rings is 1. The summed E-state index contributed by atoms with van der Waals surface area (Å²) in [5, 5.41) is 10.5. The molecule has 4 heteroatoms. The van der Waals surface area contributed by atoms with Crippen molar-refractivity contribution in [2.24, 2.45) is 0 Å². The zero-order valence-corrected chi connectivity index (χ0v) is 14.1. The van der Waals surface area contributed by atoms with Crippen molar-refractivity contribution < 1.29 is 9.84 Å². The molecule has 0 spiro atoms. The molecule has 2 heterocycles. The first-order valence-electron chi connectivity index (χ1n) is 9.10. The minimum Gasteiger partial charge on any atom is -0.388 e. The fourth-order valence-electron chi connectivity index (χ4n) is 3.72. The Kier molecular flexibility index (Phi) is 6.46. The summed E-state index contributed by atoms with van der Waals surface area (Å²) in [5.74, 6) is 0. The monoisotopic (exact) mass is 318 g/mol. The summed E-state index contributed by atoms with van der Waals surface area (Å²) in [7, 11) is 0. The van der Waals surface area contributed by atoms with Crippen molar-refractivity contribution in [1.82, 2.24) is 9.80 Å². The van der Waals surface area contributed by atoms with E-state index < -0.39 is 6.10 Å². The first-order valence-corrected chi connectivity index (χ1v) is 9.10. The van der Waals surface area contributed by atoms with Crippen molar-refractivity contribution in [1.29, 1.82) is 0 Å². The van der Waals surface area contributed by atoms with Gasteiger partial charge in [-0.15, -0.1) is 0 Å². The average Bonchev–Trinajstić information content (AvgIpc) is 2.62. The predicted octanol–water partition coefficient (Wildman–Crippen LogP) is 2.30. The first-order chi connectivity index (χ1) is 11.3. The van der Waals surface area contributed by atoms with Crippen LogP contribution >= 0.6 is 0 Å². The maximum Gasteiger partial charge on any atom is 0.0805 e. The fourth-order valence-corrected chi connectivity index (χ4v) is 3.72. The highest BCUT2D eigenvalue weighted by atomic mass is 16.5. The molecular formula is C19H30N2O2. The molecule has 128 valence electrons. The van der Waals surface area contributed by atoms with Crippen LogP contribution in [0.25, 0.3) is 0 Å². The van der Waals surface area contributed by atoms with Gasteiger partial charge in [-0.3, -0.25) is 4.90 Å². The summed E-state index contributed by atoms with van der Waals surface area (Å²) in [6.07, 6.45) is 4.43. The number of ether oxygens (including phenoxy) is 1. The van der Waals surface area contributed by atoms with Gasteiger partial charge in [-0.1, -0.05) is 36.8 Å². The molecule has 0 bridgehead atoms. The van der Waals surface area contributed by atoms with Gasteiger partial charge >= 0.3 is 0 Å². The molecule has 23 heavy (non-hydrogen) atoms. The standard InChI is InChI=1S/C19H30N2O2/c22-19(17-7-3-1-4-8-17)15-18-16-23-14-13-21(18)12-11-20-9-5-2-6-10-20/h1,3-4,7-8,18-19,22H,2,5-6,9-16H2. The summed E-state index contributed by atoms with van der Waals surface area (Å²) >= 11 is 0. The molecule has 4 nitrogen and oxygen atoms in total. The van der Waals surface area contributed by atoms with Gasteiger partial charge in [0.1, 0.15) is 0 Å². The van der Waals surface area contributed by atoms with E-state index in [9.17, 15) is 5.11 Å². The highest BCUT2D eigenvalue weighted by Crippen LogP contribution is 2.22. The predicted molar refractivity (Wildman–Crippen MR) is 92.5 cm³/mol. The van der Waals surface area contributed by atoms with Crippen LogP contribution in [0.4, 0.5) is 0 Å². The van der Waals surface area contributed by atoms with Crippen LogP contribution in [0.1, 0.15) is 37.4 Å². The number of aliphatic hydroxyl groups is 1. The fraction of sp³-hybridized carbons (Fsp3) is 0.684. The minimum atomic E-state index is -0.402. The van der Waals surface area contributed by atoms with E-state index in [1.54, 1.807) is 0 Å². The van der Waals surface area contributed by atoms with E-state index in [-0.39, 0.29) is 0 Å². The molecule has 1 aromatic rings. The van der Waals surface area contributed by atoms with Gasteiger partial charge < -0.3 is 14.7 Å². The molecule has 2 aliphatic heterocycles. The Labute approximate surface area is 140 Å². The molecule has 3 rings (SSSR count). The van der Waals surface area contributed by atoms with Gasteiger partial charge in [0.15, 0.2) is 0 Å². The Hall–Kier alpha value is -0.940. The number of benzene rings is 1. The maximum absolute atomic E-state index is 10.5.